The van der Waals surface area contributed by atoms with Crippen LogP contribution >= 0.6 is 8.38 Å². The molecule has 1 aliphatic rings. The Bertz CT molecular complexity index is 100. The molecule has 0 saturated carbocycles. The Morgan fingerprint density at radius 3 is 2.36 bits per heavy atom. The van der Waals surface area contributed by atoms with Gasteiger partial charge in [-0.2, -0.15) is 0 Å². The van der Waals surface area contributed by atoms with E-state index in [2.05, 4.69) is 13.8 Å². The number of rotatable bonds is 3. The average molecular weight is 176 g/mol. The maximum atomic E-state index is 5.56. The van der Waals surface area contributed by atoms with Crippen LogP contribution in [-0.4, -0.2) is 19.4 Å². The minimum Gasteiger partial charge on any atom is -0.334 e. The van der Waals surface area contributed by atoms with Gasteiger partial charge in [-0.05, 0) is 12.8 Å². The molecule has 0 atom stereocenters. The summed E-state index contributed by atoms with van der Waals surface area (Å²) in [6, 6.07) is 0. The lowest BCUT2D eigenvalue weighted by Crippen LogP contribution is -2.19. The van der Waals surface area contributed by atoms with E-state index in [0.29, 0.717) is 5.92 Å². The molecule has 0 bridgehead atoms. The van der Waals surface area contributed by atoms with E-state index in [4.69, 9.17) is 9.05 Å². The van der Waals surface area contributed by atoms with Crippen molar-refractivity contribution < 1.29 is 9.05 Å². The highest BCUT2D eigenvalue weighted by atomic mass is 31.2. The Labute approximate surface area is 70.2 Å². The second-order valence-electron chi connectivity index (χ2n) is 2.92. The van der Waals surface area contributed by atoms with E-state index in [1.54, 1.807) is 0 Å². The minimum atomic E-state index is -0.504. The Balaban J connectivity index is 2.14. The maximum Gasteiger partial charge on any atom is 0.170 e. The molecule has 0 unspecified atom stereocenters. The zero-order valence-electron chi connectivity index (χ0n) is 7.38. The van der Waals surface area contributed by atoms with Gasteiger partial charge in [0.15, 0.2) is 8.38 Å². The minimum absolute atomic E-state index is 0.504. The summed E-state index contributed by atoms with van der Waals surface area (Å²) >= 11 is 0. The molecule has 1 heterocycles. The molecule has 0 spiro atoms. The van der Waals surface area contributed by atoms with Gasteiger partial charge in [0.25, 0.3) is 0 Å². The van der Waals surface area contributed by atoms with E-state index in [9.17, 15) is 0 Å². The summed E-state index contributed by atoms with van der Waals surface area (Å²) in [6.07, 6.45) is 3.45. The fourth-order valence-corrected chi connectivity index (χ4v) is 2.46. The van der Waals surface area contributed by atoms with Crippen LogP contribution in [0, 0.1) is 5.92 Å². The van der Waals surface area contributed by atoms with Gasteiger partial charge in [0, 0.05) is 12.1 Å². The number of hydrogen-bond donors (Lipinski definition) is 0. The van der Waals surface area contributed by atoms with Gasteiger partial charge in [-0.1, -0.05) is 13.8 Å². The molecule has 1 rings (SSSR count). The smallest absolute Gasteiger partial charge is 0.170 e. The summed E-state index contributed by atoms with van der Waals surface area (Å²) < 4.78 is 11.1. The molecular formula is C8H17O2P. The van der Waals surface area contributed by atoms with Gasteiger partial charge in [-0.3, -0.25) is 0 Å². The maximum absolute atomic E-state index is 5.56. The molecule has 1 saturated heterocycles. The van der Waals surface area contributed by atoms with E-state index < -0.39 is 8.38 Å². The fraction of sp³-hybridized carbons (Fsp3) is 1.00. The molecular weight excluding hydrogens is 159 g/mol. The van der Waals surface area contributed by atoms with Crippen LogP contribution in [0.4, 0.5) is 0 Å². The zero-order valence-corrected chi connectivity index (χ0v) is 8.27. The third-order valence-electron chi connectivity index (χ3n) is 1.89. The molecule has 0 radical (unpaired) electrons. The summed E-state index contributed by atoms with van der Waals surface area (Å²) in [5.41, 5.74) is 0. The Morgan fingerprint density at radius 2 is 1.91 bits per heavy atom. The third-order valence-corrected chi connectivity index (χ3v) is 3.58. The monoisotopic (exact) mass is 176 g/mol. The average Bonchev–Trinajstić information content (AvgIpc) is 2.07. The highest BCUT2D eigenvalue weighted by Crippen LogP contribution is 2.43. The molecule has 2 nitrogen and oxygen atoms in total. The van der Waals surface area contributed by atoms with Crippen LogP contribution in [0.2, 0.25) is 0 Å². The first-order chi connectivity index (χ1) is 5.36. The first-order valence-corrected chi connectivity index (χ1v) is 5.76. The predicted molar refractivity (Wildman–Crippen MR) is 47.8 cm³/mol. The van der Waals surface area contributed by atoms with E-state index >= 15 is 0 Å². The van der Waals surface area contributed by atoms with Crippen LogP contribution in [0.5, 0.6) is 0 Å². The van der Waals surface area contributed by atoms with Crippen molar-refractivity contribution in [3.8, 4) is 0 Å². The zero-order chi connectivity index (χ0) is 8.10. The van der Waals surface area contributed by atoms with E-state index in [0.717, 1.165) is 19.4 Å². The summed E-state index contributed by atoms with van der Waals surface area (Å²) in [5.74, 6) is 0.644. The Hall–Kier alpha value is 0.350. The van der Waals surface area contributed by atoms with Crippen LogP contribution < -0.4 is 0 Å². The van der Waals surface area contributed by atoms with Crippen LogP contribution in [0.3, 0.4) is 0 Å². The van der Waals surface area contributed by atoms with Crippen molar-refractivity contribution in [3.63, 3.8) is 0 Å². The van der Waals surface area contributed by atoms with Gasteiger partial charge >= 0.3 is 0 Å². The Morgan fingerprint density at radius 1 is 1.27 bits per heavy atom. The highest BCUT2D eigenvalue weighted by Gasteiger charge is 2.20. The largest absolute Gasteiger partial charge is 0.334 e. The van der Waals surface area contributed by atoms with Gasteiger partial charge in [-0.25, -0.2) is 0 Å². The molecule has 1 fully saturated rings. The summed E-state index contributed by atoms with van der Waals surface area (Å²) in [4.78, 5) is 0. The lowest BCUT2D eigenvalue weighted by Gasteiger charge is -2.27. The van der Waals surface area contributed by atoms with Gasteiger partial charge in [0.05, 0.1) is 13.2 Å². The summed E-state index contributed by atoms with van der Waals surface area (Å²) in [7, 11) is -0.504. The highest BCUT2D eigenvalue weighted by molar-refractivity contribution is 7.47. The van der Waals surface area contributed by atoms with Crippen molar-refractivity contribution in [3.05, 3.63) is 0 Å². The van der Waals surface area contributed by atoms with Crippen molar-refractivity contribution in [2.24, 2.45) is 5.92 Å². The second-order valence-corrected chi connectivity index (χ2v) is 4.55. The second kappa shape index (κ2) is 5.08. The molecule has 0 N–H and O–H groups in total. The normalized spacial score (nSPS) is 32.2. The lowest BCUT2D eigenvalue weighted by molar-refractivity contribution is 0.117. The van der Waals surface area contributed by atoms with Crippen molar-refractivity contribution >= 4 is 8.38 Å². The van der Waals surface area contributed by atoms with Crippen molar-refractivity contribution in [2.75, 3.05) is 19.4 Å². The van der Waals surface area contributed by atoms with E-state index in [1.807, 2.05) is 0 Å². The molecule has 0 aromatic carbocycles. The topological polar surface area (TPSA) is 18.5 Å². The van der Waals surface area contributed by atoms with Crippen molar-refractivity contribution in [1.29, 1.82) is 0 Å². The molecule has 0 aromatic heterocycles. The third kappa shape index (κ3) is 3.06. The summed E-state index contributed by atoms with van der Waals surface area (Å²) in [5, 5.41) is 0. The first kappa shape index (κ1) is 9.44. The van der Waals surface area contributed by atoms with Gasteiger partial charge < -0.3 is 9.05 Å². The van der Waals surface area contributed by atoms with E-state index in [-0.39, 0.29) is 0 Å². The van der Waals surface area contributed by atoms with E-state index in [1.165, 1.54) is 12.8 Å². The van der Waals surface area contributed by atoms with Crippen LogP contribution in [0.25, 0.3) is 0 Å². The predicted octanol–water partition coefficient (Wildman–Crippen LogP) is 2.78. The first-order valence-electron chi connectivity index (χ1n) is 4.40. The quantitative estimate of drug-likeness (QED) is 0.615. The van der Waals surface area contributed by atoms with Gasteiger partial charge in [-0.15, -0.1) is 0 Å². The molecule has 11 heavy (non-hydrogen) atoms. The van der Waals surface area contributed by atoms with Crippen LogP contribution in [0.1, 0.15) is 26.7 Å². The van der Waals surface area contributed by atoms with Crippen molar-refractivity contribution in [2.45, 2.75) is 26.7 Å². The Kier molecular flexibility index (Phi) is 4.36. The fourth-order valence-electron chi connectivity index (χ4n) is 1.01. The number of hydrogen-bond acceptors (Lipinski definition) is 2. The molecule has 0 aromatic rings. The van der Waals surface area contributed by atoms with Crippen molar-refractivity contribution in [1.82, 2.24) is 0 Å². The lowest BCUT2D eigenvalue weighted by atomic mass is 10.1. The van der Waals surface area contributed by atoms with Gasteiger partial charge in [0.1, 0.15) is 0 Å². The summed E-state index contributed by atoms with van der Waals surface area (Å²) in [6.45, 7) is 6.19. The molecule has 3 heteroatoms. The molecule has 0 aliphatic carbocycles. The van der Waals surface area contributed by atoms with Gasteiger partial charge in [0.2, 0.25) is 0 Å². The molecule has 66 valence electrons. The van der Waals surface area contributed by atoms with Crippen LogP contribution in [-0.2, 0) is 9.05 Å². The molecule has 1 aliphatic heterocycles. The standard InChI is InChI=1S/C8H17O2P/c1-3-5-11-9-6-8(4-2)7-10-11/h8H,3-7H2,1-2H3. The SMILES string of the molecule is CCCP1OCC(CC)CO1. The van der Waals surface area contributed by atoms with Crippen LogP contribution in [0.15, 0.2) is 0 Å². The molecule has 0 amide bonds.